The third kappa shape index (κ3) is 1.76. The number of aromatic nitrogens is 2. The van der Waals surface area contributed by atoms with Crippen LogP contribution in [0.1, 0.15) is 16.1 Å². The van der Waals surface area contributed by atoms with Crippen LogP contribution in [0.4, 0.5) is 0 Å². The van der Waals surface area contributed by atoms with Gasteiger partial charge in [0.2, 0.25) is 0 Å². The second kappa shape index (κ2) is 3.99. The number of hydrogen-bond acceptors (Lipinski definition) is 3. The van der Waals surface area contributed by atoms with Gasteiger partial charge in [-0.2, -0.15) is 0 Å². The van der Waals surface area contributed by atoms with Crippen molar-refractivity contribution in [3.8, 4) is 0 Å². The quantitative estimate of drug-likeness (QED) is 0.879. The maximum absolute atomic E-state index is 11.0. The van der Waals surface area contributed by atoms with E-state index in [0.29, 0.717) is 10.9 Å². The van der Waals surface area contributed by atoms with Crippen LogP contribution in [-0.4, -0.2) is 16.1 Å². The molecule has 0 aliphatic carbocycles. The zero-order valence-corrected chi connectivity index (χ0v) is 10.6. The maximum Gasteiger partial charge on any atom is 0.270 e. The molecule has 0 unspecified atom stereocenters. The van der Waals surface area contributed by atoms with Crippen LogP contribution in [0.5, 0.6) is 0 Å². The van der Waals surface area contributed by atoms with Crippen molar-refractivity contribution >= 4 is 44.3 Å². The molecule has 82 valence electrons. The molecule has 0 radical (unpaired) electrons. The van der Waals surface area contributed by atoms with Gasteiger partial charge in [-0.3, -0.25) is 4.79 Å². The lowest BCUT2D eigenvalue weighted by Crippen LogP contribution is -2.14. The first-order valence-electron chi connectivity index (χ1n) is 4.42. The first-order valence-corrected chi connectivity index (χ1v) is 5.59. The van der Waals surface area contributed by atoms with Gasteiger partial charge in [0.1, 0.15) is 0 Å². The normalized spacial score (nSPS) is 10.7. The van der Waals surface area contributed by atoms with Gasteiger partial charge in [0.15, 0.2) is 5.69 Å². The highest BCUT2D eigenvalue weighted by Crippen LogP contribution is 2.28. The zero-order chi connectivity index (χ0) is 11.9. The number of nitrogens with two attached hydrogens (primary N) is 1. The number of carbonyl (C=O) groups is 1. The van der Waals surface area contributed by atoms with Gasteiger partial charge < -0.3 is 5.73 Å². The van der Waals surface area contributed by atoms with Crippen molar-refractivity contribution < 1.29 is 4.79 Å². The topological polar surface area (TPSA) is 68.9 Å². The lowest BCUT2D eigenvalue weighted by Gasteiger charge is -2.05. The molecule has 0 saturated heterocycles. The summed E-state index contributed by atoms with van der Waals surface area (Å²) in [6, 6.07) is 3.64. The molecule has 2 N–H and O–H groups in total. The van der Waals surface area contributed by atoms with Gasteiger partial charge >= 0.3 is 0 Å². The Balaban J connectivity index is 2.84. The molecule has 0 saturated carbocycles. The largest absolute Gasteiger partial charge is 0.364 e. The third-order valence-corrected chi connectivity index (χ3v) is 3.45. The molecular formula is C10H7BrClN3O. The fourth-order valence-corrected chi connectivity index (χ4v) is 1.98. The Hall–Kier alpha value is -1.20. The molecule has 1 amide bonds. The summed E-state index contributed by atoms with van der Waals surface area (Å²) in [4.78, 5) is 11.0. The highest BCUT2D eigenvalue weighted by atomic mass is 79.9. The van der Waals surface area contributed by atoms with E-state index in [4.69, 9.17) is 17.3 Å². The van der Waals surface area contributed by atoms with E-state index in [9.17, 15) is 4.79 Å². The molecule has 0 spiro atoms. The van der Waals surface area contributed by atoms with Crippen LogP contribution in [0.15, 0.2) is 16.6 Å². The molecular weight excluding hydrogens is 293 g/mol. The number of hydrogen-bond donors (Lipinski definition) is 1. The van der Waals surface area contributed by atoms with E-state index in [2.05, 4.69) is 26.1 Å². The van der Waals surface area contributed by atoms with E-state index in [-0.39, 0.29) is 10.7 Å². The molecule has 2 aromatic rings. The summed E-state index contributed by atoms with van der Waals surface area (Å²) in [5.74, 6) is -0.684. The van der Waals surface area contributed by atoms with Crippen molar-refractivity contribution in [1.29, 1.82) is 0 Å². The van der Waals surface area contributed by atoms with E-state index in [0.717, 1.165) is 10.0 Å². The molecule has 0 bridgehead atoms. The van der Waals surface area contributed by atoms with Crippen LogP contribution >= 0.6 is 27.5 Å². The van der Waals surface area contributed by atoms with Crippen LogP contribution in [-0.2, 0) is 0 Å². The van der Waals surface area contributed by atoms with Crippen molar-refractivity contribution in [2.24, 2.45) is 5.73 Å². The molecule has 1 aromatic carbocycles. The molecule has 6 heteroatoms. The van der Waals surface area contributed by atoms with Crippen LogP contribution in [0.3, 0.4) is 0 Å². The Morgan fingerprint density at radius 3 is 2.75 bits per heavy atom. The Morgan fingerprint density at radius 1 is 1.44 bits per heavy atom. The zero-order valence-electron chi connectivity index (χ0n) is 8.29. The minimum Gasteiger partial charge on any atom is -0.364 e. The average molecular weight is 301 g/mol. The molecule has 0 atom stereocenters. The first kappa shape index (κ1) is 11.3. The van der Waals surface area contributed by atoms with Crippen molar-refractivity contribution in [3.05, 3.63) is 32.9 Å². The van der Waals surface area contributed by atoms with Crippen LogP contribution in [0.2, 0.25) is 5.02 Å². The van der Waals surface area contributed by atoms with Gasteiger partial charge in [0.05, 0.1) is 10.5 Å². The highest BCUT2D eigenvalue weighted by molar-refractivity contribution is 9.10. The Morgan fingerprint density at radius 2 is 2.12 bits per heavy atom. The van der Waals surface area contributed by atoms with Crippen molar-refractivity contribution in [2.75, 3.05) is 0 Å². The summed E-state index contributed by atoms with van der Waals surface area (Å²) in [6.45, 7) is 1.93. The van der Waals surface area contributed by atoms with Gasteiger partial charge in [0, 0.05) is 9.86 Å². The number of amides is 1. The van der Waals surface area contributed by atoms with Crippen LogP contribution in [0, 0.1) is 6.92 Å². The summed E-state index contributed by atoms with van der Waals surface area (Å²) >= 11 is 9.43. The number of carbonyl (C=O) groups excluding carboxylic acids is 1. The lowest BCUT2D eigenvalue weighted by atomic mass is 10.1. The smallest absolute Gasteiger partial charge is 0.270 e. The number of fused-ring (bicyclic) bond motifs is 1. The molecule has 0 aliphatic heterocycles. The molecule has 4 nitrogen and oxygen atoms in total. The van der Waals surface area contributed by atoms with Crippen molar-refractivity contribution in [1.82, 2.24) is 10.2 Å². The summed E-state index contributed by atoms with van der Waals surface area (Å²) in [5.41, 5.74) is 6.78. The molecule has 0 fully saturated rings. The predicted molar refractivity (Wildman–Crippen MR) is 65.5 cm³/mol. The molecule has 1 aromatic heterocycles. The summed E-state index contributed by atoms with van der Waals surface area (Å²) in [7, 11) is 0. The molecule has 16 heavy (non-hydrogen) atoms. The van der Waals surface area contributed by atoms with Crippen molar-refractivity contribution in [3.63, 3.8) is 0 Å². The fraction of sp³-hybridized carbons (Fsp3) is 0.100. The summed E-state index contributed by atoms with van der Waals surface area (Å²) in [5, 5.41) is 8.50. The number of primary amides is 1. The van der Waals surface area contributed by atoms with E-state index in [1.165, 1.54) is 0 Å². The average Bonchev–Trinajstić information content (AvgIpc) is 2.21. The third-order valence-electron chi connectivity index (χ3n) is 2.21. The van der Waals surface area contributed by atoms with E-state index >= 15 is 0 Å². The molecule has 2 rings (SSSR count). The van der Waals surface area contributed by atoms with E-state index in [1.807, 2.05) is 13.0 Å². The molecule has 0 aliphatic rings. The minimum absolute atomic E-state index is 0.00933. The Labute approximate surface area is 105 Å². The number of halogens is 2. The van der Waals surface area contributed by atoms with Crippen LogP contribution in [0.25, 0.3) is 10.9 Å². The summed E-state index contributed by atoms with van der Waals surface area (Å²) < 4.78 is 0.894. The summed E-state index contributed by atoms with van der Waals surface area (Å²) in [6.07, 6.45) is 0. The lowest BCUT2D eigenvalue weighted by molar-refractivity contribution is 0.0995. The van der Waals surface area contributed by atoms with Gasteiger partial charge in [-0.05, 0) is 24.6 Å². The number of rotatable bonds is 1. The SMILES string of the molecule is Cc1cc2nnc(C(N)=O)c(Cl)c2cc1Br. The first-order chi connectivity index (χ1) is 7.50. The van der Waals surface area contributed by atoms with Crippen molar-refractivity contribution in [2.45, 2.75) is 6.92 Å². The van der Waals surface area contributed by atoms with Gasteiger partial charge in [0.25, 0.3) is 5.91 Å². The second-order valence-electron chi connectivity index (χ2n) is 3.35. The highest BCUT2D eigenvalue weighted by Gasteiger charge is 2.14. The standard InChI is InChI=1S/C10H7BrClN3O/c1-4-2-7-5(3-6(4)11)8(12)9(10(13)16)15-14-7/h2-3H,1H3,(H2,13,16). The number of benzene rings is 1. The van der Waals surface area contributed by atoms with E-state index < -0.39 is 5.91 Å². The van der Waals surface area contributed by atoms with Crippen LogP contribution < -0.4 is 5.73 Å². The Kier molecular flexibility index (Phi) is 2.82. The van der Waals surface area contributed by atoms with Gasteiger partial charge in [-0.25, -0.2) is 0 Å². The fourth-order valence-electron chi connectivity index (χ4n) is 1.36. The number of nitrogens with zero attached hydrogens (tertiary/aromatic N) is 2. The second-order valence-corrected chi connectivity index (χ2v) is 4.58. The minimum atomic E-state index is -0.684. The Bertz CT molecular complexity index is 600. The number of aryl methyl sites for hydroxylation is 1. The van der Waals surface area contributed by atoms with Gasteiger partial charge in [-0.15, -0.1) is 10.2 Å². The predicted octanol–water partition coefficient (Wildman–Crippen LogP) is 2.45. The van der Waals surface area contributed by atoms with Gasteiger partial charge in [-0.1, -0.05) is 27.5 Å². The molecule has 1 heterocycles. The monoisotopic (exact) mass is 299 g/mol. The van der Waals surface area contributed by atoms with E-state index in [1.54, 1.807) is 6.07 Å². The maximum atomic E-state index is 11.0.